The largest absolute Gasteiger partial charge is 0.355 e. The zero-order chi connectivity index (χ0) is 11.4. The molecule has 0 aromatic heterocycles. The summed E-state index contributed by atoms with van der Waals surface area (Å²) in [5, 5.41) is 6.29. The second-order valence-electron chi connectivity index (χ2n) is 5.60. The van der Waals surface area contributed by atoms with Gasteiger partial charge in [-0.25, -0.2) is 0 Å². The molecular weight excluding hydrogens is 200 g/mol. The second-order valence-corrected chi connectivity index (χ2v) is 5.60. The third kappa shape index (κ3) is 3.78. The van der Waals surface area contributed by atoms with Gasteiger partial charge in [0, 0.05) is 13.1 Å². The maximum Gasteiger partial charge on any atom is 0.233 e. The van der Waals surface area contributed by atoms with Gasteiger partial charge in [-0.15, -0.1) is 0 Å². The van der Waals surface area contributed by atoms with Crippen LogP contribution in [0.2, 0.25) is 0 Å². The molecule has 0 saturated heterocycles. The van der Waals surface area contributed by atoms with Crippen molar-refractivity contribution in [1.82, 2.24) is 10.6 Å². The maximum atomic E-state index is 11.5. The second kappa shape index (κ2) is 5.17. The number of rotatable bonds is 8. The van der Waals surface area contributed by atoms with Gasteiger partial charge in [0.1, 0.15) is 0 Å². The highest BCUT2D eigenvalue weighted by molar-refractivity contribution is 5.78. The molecule has 1 amide bonds. The van der Waals surface area contributed by atoms with Crippen LogP contribution in [0.4, 0.5) is 0 Å². The summed E-state index contributed by atoms with van der Waals surface area (Å²) in [4.78, 5) is 11.5. The Balaban J connectivity index is 1.51. The lowest BCUT2D eigenvalue weighted by molar-refractivity contribution is -0.120. The van der Waals surface area contributed by atoms with Crippen LogP contribution in [0.5, 0.6) is 0 Å². The summed E-state index contributed by atoms with van der Waals surface area (Å²) in [6.07, 6.45) is 7.86. The van der Waals surface area contributed by atoms with E-state index in [0.29, 0.717) is 12.0 Å². The SMILES string of the molecule is CCCC1(CNCC(=O)NCC2CC2)CC1. The molecule has 3 nitrogen and oxygen atoms in total. The van der Waals surface area contributed by atoms with Gasteiger partial charge in [0.05, 0.1) is 6.54 Å². The molecule has 3 heteroatoms. The number of carbonyl (C=O) groups is 1. The van der Waals surface area contributed by atoms with E-state index in [1.807, 2.05) is 0 Å². The lowest BCUT2D eigenvalue weighted by atomic mass is 10.0. The number of amides is 1. The van der Waals surface area contributed by atoms with E-state index in [9.17, 15) is 4.79 Å². The van der Waals surface area contributed by atoms with Crippen molar-refractivity contribution in [2.24, 2.45) is 11.3 Å². The molecule has 0 aliphatic heterocycles. The summed E-state index contributed by atoms with van der Waals surface area (Å²) in [5.41, 5.74) is 0.547. The summed E-state index contributed by atoms with van der Waals surface area (Å²) in [6, 6.07) is 0. The predicted octanol–water partition coefficient (Wildman–Crippen LogP) is 1.68. The minimum Gasteiger partial charge on any atom is -0.355 e. The van der Waals surface area contributed by atoms with Gasteiger partial charge in [0.15, 0.2) is 0 Å². The molecule has 0 aromatic carbocycles. The Bertz CT molecular complexity index is 244. The quantitative estimate of drug-likeness (QED) is 0.658. The van der Waals surface area contributed by atoms with Gasteiger partial charge in [-0.1, -0.05) is 13.3 Å². The molecule has 0 radical (unpaired) electrons. The standard InChI is InChI=1S/C13H24N2O/c1-2-5-13(6-7-13)10-14-9-12(16)15-8-11-3-4-11/h11,14H,2-10H2,1H3,(H,15,16). The van der Waals surface area contributed by atoms with Crippen molar-refractivity contribution < 1.29 is 4.79 Å². The molecule has 92 valence electrons. The molecule has 2 N–H and O–H groups in total. The van der Waals surface area contributed by atoms with E-state index in [1.165, 1.54) is 38.5 Å². The topological polar surface area (TPSA) is 41.1 Å². The molecule has 2 aliphatic rings. The lowest BCUT2D eigenvalue weighted by Crippen LogP contribution is -2.37. The number of hydrogen-bond acceptors (Lipinski definition) is 2. The first-order valence-corrected chi connectivity index (χ1v) is 6.71. The predicted molar refractivity (Wildman–Crippen MR) is 65.2 cm³/mol. The Morgan fingerprint density at radius 1 is 1.38 bits per heavy atom. The van der Waals surface area contributed by atoms with Gasteiger partial charge < -0.3 is 10.6 Å². The van der Waals surface area contributed by atoms with Crippen molar-refractivity contribution in [3.8, 4) is 0 Å². The van der Waals surface area contributed by atoms with E-state index < -0.39 is 0 Å². The highest BCUT2D eigenvalue weighted by Crippen LogP contribution is 2.48. The molecule has 2 rings (SSSR count). The maximum absolute atomic E-state index is 11.5. The number of nitrogens with one attached hydrogen (secondary N) is 2. The monoisotopic (exact) mass is 224 g/mol. The molecule has 16 heavy (non-hydrogen) atoms. The molecule has 0 bridgehead atoms. The van der Waals surface area contributed by atoms with Crippen molar-refractivity contribution in [2.45, 2.75) is 45.4 Å². The normalized spacial score (nSPS) is 21.8. The summed E-state index contributed by atoms with van der Waals surface area (Å²) < 4.78 is 0. The molecule has 0 unspecified atom stereocenters. The van der Waals surface area contributed by atoms with Crippen LogP contribution >= 0.6 is 0 Å². The van der Waals surface area contributed by atoms with E-state index in [4.69, 9.17) is 0 Å². The van der Waals surface area contributed by atoms with Crippen LogP contribution in [-0.4, -0.2) is 25.5 Å². The van der Waals surface area contributed by atoms with Crippen LogP contribution in [0.3, 0.4) is 0 Å². The zero-order valence-electron chi connectivity index (χ0n) is 10.3. The Kier molecular flexibility index (Phi) is 3.85. The van der Waals surface area contributed by atoms with Crippen LogP contribution in [0, 0.1) is 11.3 Å². The van der Waals surface area contributed by atoms with Gasteiger partial charge in [-0.05, 0) is 43.4 Å². The fourth-order valence-corrected chi connectivity index (χ4v) is 2.31. The number of carbonyl (C=O) groups excluding carboxylic acids is 1. The van der Waals surface area contributed by atoms with E-state index in [-0.39, 0.29) is 5.91 Å². The molecule has 2 saturated carbocycles. The number of hydrogen-bond donors (Lipinski definition) is 2. The average molecular weight is 224 g/mol. The van der Waals surface area contributed by atoms with Gasteiger partial charge in [-0.2, -0.15) is 0 Å². The van der Waals surface area contributed by atoms with Crippen molar-refractivity contribution in [3.05, 3.63) is 0 Å². The molecular formula is C13H24N2O. The van der Waals surface area contributed by atoms with Crippen molar-refractivity contribution >= 4 is 5.91 Å². The van der Waals surface area contributed by atoms with E-state index in [2.05, 4.69) is 17.6 Å². The Morgan fingerprint density at radius 3 is 2.69 bits per heavy atom. The van der Waals surface area contributed by atoms with Crippen LogP contribution in [0.25, 0.3) is 0 Å². The molecule has 0 atom stereocenters. The average Bonchev–Trinajstić information content (AvgIpc) is 3.10. The van der Waals surface area contributed by atoms with Gasteiger partial charge in [0.25, 0.3) is 0 Å². The Labute approximate surface area is 98.4 Å². The third-order valence-electron chi connectivity index (χ3n) is 3.81. The smallest absolute Gasteiger partial charge is 0.233 e. The highest BCUT2D eigenvalue weighted by Gasteiger charge is 2.40. The van der Waals surface area contributed by atoms with Crippen LogP contribution < -0.4 is 10.6 Å². The minimum atomic E-state index is 0.166. The first-order chi connectivity index (χ1) is 7.74. The van der Waals surface area contributed by atoms with Crippen molar-refractivity contribution in [2.75, 3.05) is 19.6 Å². The molecule has 2 fully saturated rings. The lowest BCUT2D eigenvalue weighted by Gasteiger charge is -2.14. The summed E-state index contributed by atoms with van der Waals surface area (Å²) >= 11 is 0. The summed E-state index contributed by atoms with van der Waals surface area (Å²) in [5.74, 6) is 0.943. The fourth-order valence-electron chi connectivity index (χ4n) is 2.31. The van der Waals surface area contributed by atoms with Gasteiger partial charge in [0.2, 0.25) is 5.91 Å². The first-order valence-electron chi connectivity index (χ1n) is 6.71. The fraction of sp³-hybridized carbons (Fsp3) is 0.923. The zero-order valence-corrected chi connectivity index (χ0v) is 10.3. The molecule has 0 aromatic rings. The molecule has 2 aliphatic carbocycles. The van der Waals surface area contributed by atoms with Crippen LogP contribution in [0.1, 0.15) is 45.4 Å². The Hall–Kier alpha value is -0.570. The summed E-state index contributed by atoms with van der Waals surface area (Å²) in [7, 11) is 0. The Morgan fingerprint density at radius 2 is 2.12 bits per heavy atom. The first kappa shape index (κ1) is 11.9. The van der Waals surface area contributed by atoms with Crippen molar-refractivity contribution in [1.29, 1.82) is 0 Å². The summed E-state index contributed by atoms with van der Waals surface area (Å²) in [6.45, 7) is 4.65. The van der Waals surface area contributed by atoms with E-state index >= 15 is 0 Å². The van der Waals surface area contributed by atoms with Crippen molar-refractivity contribution in [3.63, 3.8) is 0 Å². The minimum absolute atomic E-state index is 0.166. The molecule has 0 heterocycles. The van der Waals surface area contributed by atoms with Gasteiger partial charge >= 0.3 is 0 Å². The van der Waals surface area contributed by atoms with Crippen LogP contribution in [0.15, 0.2) is 0 Å². The van der Waals surface area contributed by atoms with E-state index in [1.54, 1.807) is 0 Å². The highest BCUT2D eigenvalue weighted by atomic mass is 16.1. The third-order valence-corrected chi connectivity index (χ3v) is 3.81. The van der Waals surface area contributed by atoms with Crippen LogP contribution in [-0.2, 0) is 4.79 Å². The van der Waals surface area contributed by atoms with Gasteiger partial charge in [-0.3, -0.25) is 4.79 Å². The molecule has 0 spiro atoms. The van der Waals surface area contributed by atoms with E-state index in [0.717, 1.165) is 19.0 Å².